The number of benzene rings is 1. The van der Waals surface area contributed by atoms with Crippen LogP contribution in [0.4, 0.5) is 23.7 Å². The summed E-state index contributed by atoms with van der Waals surface area (Å²) in [5.74, 6) is -4.31. The van der Waals surface area contributed by atoms with Crippen molar-refractivity contribution in [2.24, 2.45) is 17.8 Å². The smallest absolute Gasteiger partial charge is 0.411 e. The van der Waals surface area contributed by atoms with Crippen LogP contribution in [0.3, 0.4) is 0 Å². The van der Waals surface area contributed by atoms with Crippen molar-refractivity contribution in [2.45, 2.75) is 126 Å². The highest BCUT2D eigenvalue weighted by Crippen LogP contribution is 2.48. The van der Waals surface area contributed by atoms with Gasteiger partial charge < -0.3 is 29.7 Å². The minimum absolute atomic E-state index is 0.0575. The van der Waals surface area contributed by atoms with Crippen molar-refractivity contribution in [2.75, 3.05) is 37.7 Å². The van der Waals surface area contributed by atoms with Gasteiger partial charge in [-0.15, -0.1) is 0 Å². The molecule has 0 spiro atoms. The van der Waals surface area contributed by atoms with Gasteiger partial charge in [0.1, 0.15) is 29.3 Å². The maximum Gasteiger partial charge on any atom is 0.411 e. The number of fused-ring (bicyclic) bond motifs is 3. The molecule has 62 heavy (non-hydrogen) atoms. The van der Waals surface area contributed by atoms with Crippen LogP contribution in [0.5, 0.6) is 5.88 Å². The van der Waals surface area contributed by atoms with E-state index in [9.17, 15) is 41.1 Å². The lowest BCUT2D eigenvalue weighted by Gasteiger charge is -2.46. The van der Waals surface area contributed by atoms with Crippen LogP contribution >= 0.6 is 0 Å². The predicted octanol–water partition coefficient (Wildman–Crippen LogP) is 5.39. The zero-order valence-electron chi connectivity index (χ0n) is 35.7. The number of halogens is 3. The normalized spacial score (nSPS) is 29.4. The molecule has 4 heterocycles. The Bertz CT molecular complexity index is 2210. The molecule has 3 N–H and O–H groups in total. The van der Waals surface area contributed by atoms with Gasteiger partial charge in [-0.05, 0) is 77.2 Å². The van der Waals surface area contributed by atoms with Gasteiger partial charge >= 0.3 is 12.3 Å². The molecule has 5 aliphatic rings. The number of carbonyl (C=O) groups is 4. The van der Waals surface area contributed by atoms with E-state index in [1.54, 1.807) is 19.2 Å². The number of aromatic nitrogens is 1. The number of allylic oxidation sites excluding steroid dienone is 1. The van der Waals surface area contributed by atoms with Crippen LogP contribution in [-0.4, -0.2) is 125 Å². The average molecular weight is 891 g/mol. The molecule has 340 valence electrons. The molecule has 19 heteroatoms. The fraction of sp³-hybridized carbons (Fsp3) is 0.651. The second-order valence-corrected chi connectivity index (χ2v) is 20.6. The van der Waals surface area contributed by atoms with Crippen LogP contribution in [0, 0.1) is 17.8 Å². The lowest BCUT2D eigenvalue weighted by molar-refractivity contribution is -0.222. The summed E-state index contributed by atoms with van der Waals surface area (Å²) in [6.45, 7) is 8.54. The van der Waals surface area contributed by atoms with E-state index in [2.05, 4.69) is 19.9 Å². The van der Waals surface area contributed by atoms with Gasteiger partial charge in [0, 0.05) is 36.2 Å². The Morgan fingerprint density at radius 3 is 2.42 bits per heavy atom. The second-order valence-electron chi connectivity index (χ2n) is 18.4. The summed E-state index contributed by atoms with van der Waals surface area (Å²) in [5.41, 5.74) is -3.90. The van der Waals surface area contributed by atoms with Crippen LogP contribution < -0.4 is 19.7 Å². The number of pyridine rings is 1. The zero-order chi connectivity index (χ0) is 45.0. The van der Waals surface area contributed by atoms with Gasteiger partial charge in [0.05, 0.1) is 36.4 Å². The highest BCUT2D eigenvalue weighted by molar-refractivity contribution is 7.91. The molecule has 4 fully saturated rings. The molecular weight excluding hydrogens is 834 g/mol. The van der Waals surface area contributed by atoms with E-state index < -0.39 is 85.9 Å². The molecule has 2 aromatic rings. The van der Waals surface area contributed by atoms with Crippen molar-refractivity contribution in [1.29, 1.82) is 0 Å². The first kappa shape index (κ1) is 45.4. The Morgan fingerprint density at radius 2 is 1.79 bits per heavy atom. The fourth-order valence-electron chi connectivity index (χ4n) is 9.23. The molecule has 1 aromatic heterocycles. The Labute approximate surface area is 359 Å². The van der Waals surface area contributed by atoms with Gasteiger partial charge in [-0.2, -0.15) is 13.2 Å². The summed E-state index contributed by atoms with van der Waals surface area (Å²) in [5, 5.41) is 14.8. The Balaban J connectivity index is 1.30. The first-order chi connectivity index (χ1) is 29.1. The second kappa shape index (κ2) is 16.8. The van der Waals surface area contributed by atoms with E-state index in [4.69, 9.17) is 9.47 Å². The molecule has 4 amide bonds. The molecule has 15 nitrogen and oxygen atoms in total. The van der Waals surface area contributed by atoms with Crippen LogP contribution in [0.2, 0.25) is 0 Å². The number of hydrogen-bond acceptors (Lipinski definition) is 10. The van der Waals surface area contributed by atoms with Gasteiger partial charge in [-0.1, -0.05) is 50.6 Å². The molecule has 0 unspecified atom stereocenters. The lowest BCUT2D eigenvalue weighted by atomic mass is 9.82. The number of hydrogen-bond donors (Lipinski definition) is 3. The summed E-state index contributed by atoms with van der Waals surface area (Å²) in [6, 6.07) is 4.07. The molecule has 3 aliphatic heterocycles. The number of sulfonamides is 1. The highest BCUT2D eigenvalue weighted by Gasteiger charge is 2.64. The van der Waals surface area contributed by atoms with Crippen molar-refractivity contribution in [1.82, 2.24) is 24.8 Å². The minimum atomic E-state index is -5.09. The monoisotopic (exact) mass is 890 g/mol. The standard InChI is InChI=1S/C43H57F3N6O9S/c1-6-27-21-26(2)11-7-8-12-28-23-42(28,38(55)49-62(58,59)41(5)15-16-41)48-35(53)32-22-29(25-51(32)37(54)34(27)52(39(56)57)40(3,4)43(44,45)46)61-36-31-14-10-9-13-30(31)33(24-47-36)50-17-19-60-20-18-50/h8-10,12-14,24,26-29,32,34H,6-7,11,15-23,25H2,1-5H3,(H,48,53)(H,49,55)(H,56,57)/t26-,27+,28+,29+,32-,34-,42+/m0/s1. The highest BCUT2D eigenvalue weighted by atomic mass is 32.2. The van der Waals surface area contributed by atoms with Crippen molar-refractivity contribution in [3.8, 4) is 5.88 Å². The Kier molecular flexibility index (Phi) is 12.3. The number of nitrogens with one attached hydrogen (secondary N) is 2. The summed E-state index contributed by atoms with van der Waals surface area (Å²) >= 11 is 0. The lowest BCUT2D eigenvalue weighted by Crippen LogP contribution is -2.66. The number of nitrogens with zero attached hydrogens (tertiary/aromatic N) is 4. The van der Waals surface area contributed by atoms with E-state index in [0.717, 1.165) is 16.0 Å². The predicted molar refractivity (Wildman–Crippen MR) is 223 cm³/mol. The van der Waals surface area contributed by atoms with Crippen molar-refractivity contribution in [3.05, 3.63) is 42.6 Å². The van der Waals surface area contributed by atoms with E-state index >= 15 is 4.79 Å². The third-order valence-corrected chi connectivity index (χ3v) is 15.9. The summed E-state index contributed by atoms with van der Waals surface area (Å²) < 4.78 is 84.3. The minimum Gasteiger partial charge on any atom is -0.472 e. The molecule has 0 bridgehead atoms. The quantitative estimate of drug-likeness (QED) is 0.274. The van der Waals surface area contributed by atoms with Crippen LogP contribution in [0.1, 0.15) is 86.0 Å². The summed E-state index contributed by atoms with van der Waals surface area (Å²) in [6.07, 6.45) is -0.879. The SMILES string of the molecule is CC[C@@H]1C[C@@H](C)CCC=C[C@@H]2C[C@@]2(C(=O)NS(=O)(=O)C2(C)CC2)NC(=O)[C@@H]2C[C@@H](Oc3ncc(N4CCOCC4)c4ccccc34)CN2C(=O)[C@H]1N(C(=O)O)C(C)(C)C(F)(F)F. The van der Waals surface area contributed by atoms with Crippen LogP contribution in [-0.2, 0) is 29.1 Å². The maximum atomic E-state index is 15.3. The summed E-state index contributed by atoms with van der Waals surface area (Å²) in [7, 11) is -4.12. The molecule has 0 radical (unpaired) electrons. The number of anilines is 1. The van der Waals surface area contributed by atoms with Gasteiger partial charge in [-0.25, -0.2) is 18.2 Å². The average Bonchev–Trinajstić information content (AvgIpc) is 4.10. The number of rotatable bonds is 9. The topological polar surface area (TPSA) is 188 Å². The number of alkyl halides is 3. The molecule has 7 rings (SSSR count). The Hall–Kier alpha value is -4.65. The molecule has 7 atom stereocenters. The van der Waals surface area contributed by atoms with Gasteiger partial charge in [-0.3, -0.25) is 24.0 Å². The van der Waals surface area contributed by atoms with Crippen LogP contribution in [0.25, 0.3) is 10.8 Å². The largest absolute Gasteiger partial charge is 0.472 e. The van der Waals surface area contributed by atoms with Crippen molar-refractivity contribution < 1.29 is 55.3 Å². The molecule has 2 saturated heterocycles. The van der Waals surface area contributed by atoms with Crippen molar-refractivity contribution >= 4 is 50.3 Å². The van der Waals surface area contributed by atoms with E-state index in [1.165, 1.54) is 6.92 Å². The first-order valence-corrected chi connectivity index (χ1v) is 22.9. The third-order valence-electron chi connectivity index (χ3n) is 13.7. The van der Waals surface area contributed by atoms with Gasteiger partial charge in [0.25, 0.3) is 5.91 Å². The van der Waals surface area contributed by atoms with E-state index in [1.807, 2.05) is 37.3 Å². The first-order valence-electron chi connectivity index (χ1n) is 21.5. The molecular formula is C43H57F3N6O9S. The van der Waals surface area contributed by atoms with Crippen LogP contribution in [0.15, 0.2) is 42.6 Å². The summed E-state index contributed by atoms with van der Waals surface area (Å²) in [4.78, 5) is 65.2. The third kappa shape index (κ3) is 8.54. The number of amides is 4. The number of carbonyl (C=O) groups excluding carboxylic acids is 3. The van der Waals surface area contributed by atoms with Gasteiger partial charge in [0.15, 0.2) is 0 Å². The van der Waals surface area contributed by atoms with Crippen molar-refractivity contribution in [3.63, 3.8) is 0 Å². The number of carboxylic acid groups (broad SMARTS) is 1. The molecule has 1 aromatic carbocycles. The maximum absolute atomic E-state index is 15.3. The Morgan fingerprint density at radius 1 is 1.11 bits per heavy atom. The van der Waals surface area contributed by atoms with E-state index in [0.29, 0.717) is 71.2 Å². The zero-order valence-corrected chi connectivity index (χ0v) is 36.6. The molecule has 2 aliphatic carbocycles. The number of ether oxygens (including phenoxy) is 2. The number of morpholine rings is 1. The van der Waals surface area contributed by atoms with E-state index in [-0.39, 0.29) is 48.9 Å². The van der Waals surface area contributed by atoms with Gasteiger partial charge in [0.2, 0.25) is 27.7 Å². The molecule has 2 saturated carbocycles. The fourth-order valence-corrected chi connectivity index (χ4v) is 10.5.